The highest BCUT2D eigenvalue weighted by Crippen LogP contribution is 2.48. The largest absolute Gasteiger partial charge is 0.456 e. The van der Waals surface area contributed by atoms with Gasteiger partial charge in [-0.25, -0.2) is 0 Å². The Morgan fingerprint density at radius 1 is 0.429 bits per heavy atom. The van der Waals surface area contributed by atoms with E-state index in [1.807, 2.05) is 0 Å². The van der Waals surface area contributed by atoms with Crippen LogP contribution in [0.25, 0.3) is 55.0 Å². The minimum absolute atomic E-state index is 0.0269. The van der Waals surface area contributed by atoms with Crippen molar-refractivity contribution in [3.8, 4) is 34.4 Å². The second-order valence-electron chi connectivity index (χ2n) is 18.5. The molecule has 4 aliphatic heterocycles. The van der Waals surface area contributed by atoms with Gasteiger partial charge in [0.05, 0.1) is 22.4 Å². The van der Waals surface area contributed by atoms with E-state index in [-0.39, 0.29) is 24.3 Å². The zero-order valence-corrected chi connectivity index (χ0v) is 32.4. The summed E-state index contributed by atoms with van der Waals surface area (Å²) in [5.74, 6) is 3.71. The van der Waals surface area contributed by atoms with Gasteiger partial charge in [0.2, 0.25) is 0 Å². The number of rotatable bonds is 0. The van der Waals surface area contributed by atoms with Gasteiger partial charge in [0.25, 0.3) is 13.4 Å². The van der Waals surface area contributed by atoms with Crippen molar-refractivity contribution < 1.29 is 9.47 Å². The molecule has 6 heteroatoms. The molecule has 0 atom stereocenters. The first-order valence-electron chi connectivity index (χ1n) is 20.0. The fraction of sp³-hybridized carbons (Fsp3) is 0.160. The summed E-state index contributed by atoms with van der Waals surface area (Å²) in [7, 11) is 0. The second-order valence-corrected chi connectivity index (χ2v) is 18.5. The molecule has 4 aliphatic rings. The maximum Gasteiger partial charge on any atom is 0.256 e. The van der Waals surface area contributed by atoms with Crippen LogP contribution < -0.4 is 42.3 Å². The topological polar surface area (TPSA) is 28.3 Å². The summed E-state index contributed by atoms with van der Waals surface area (Å²) in [5.41, 5.74) is 17.0. The molecule has 266 valence electrons. The molecule has 0 aliphatic carbocycles. The molecule has 0 unspecified atom stereocenters. The predicted molar refractivity (Wildman–Crippen MR) is 235 cm³/mol. The number of ether oxygens (including phenoxy) is 2. The predicted octanol–water partition coefficient (Wildman–Crippen LogP) is 8.35. The number of nitrogens with zero attached hydrogens (tertiary/aromatic N) is 2. The molecule has 6 heterocycles. The van der Waals surface area contributed by atoms with Gasteiger partial charge in [0, 0.05) is 43.5 Å². The van der Waals surface area contributed by atoms with Crippen LogP contribution in [0.15, 0.2) is 121 Å². The highest BCUT2D eigenvalue weighted by Gasteiger charge is 2.50. The first kappa shape index (κ1) is 31.1. The molecular weight excluding hydrogens is 682 g/mol. The second kappa shape index (κ2) is 9.99. The van der Waals surface area contributed by atoms with Gasteiger partial charge in [0.15, 0.2) is 0 Å². The van der Waals surface area contributed by atoms with Crippen LogP contribution in [-0.4, -0.2) is 22.6 Å². The first-order valence-corrected chi connectivity index (χ1v) is 20.0. The lowest BCUT2D eigenvalue weighted by atomic mass is 9.31. The first-order chi connectivity index (χ1) is 27.1. The van der Waals surface area contributed by atoms with Gasteiger partial charge in [0.1, 0.15) is 23.0 Å². The Balaban J connectivity index is 1.27. The van der Waals surface area contributed by atoms with Crippen LogP contribution in [0, 0.1) is 0 Å². The van der Waals surface area contributed by atoms with Gasteiger partial charge in [-0.1, -0.05) is 139 Å². The van der Waals surface area contributed by atoms with Crippen molar-refractivity contribution in [1.82, 2.24) is 9.13 Å². The summed E-state index contributed by atoms with van der Waals surface area (Å²) >= 11 is 0. The van der Waals surface area contributed by atoms with Crippen LogP contribution in [-0.2, 0) is 10.8 Å². The van der Waals surface area contributed by atoms with Crippen molar-refractivity contribution in [2.75, 3.05) is 0 Å². The molecule has 0 amide bonds. The van der Waals surface area contributed by atoms with Crippen molar-refractivity contribution in [2.45, 2.75) is 52.4 Å². The van der Waals surface area contributed by atoms with E-state index in [4.69, 9.17) is 9.47 Å². The van der Waals surface area contributed by atoms with E-state index >= 15 is 0 Å². The highest BCUT2D eigenvalue weighted by atomic mass is 16.5. The molecule has 9 aromatic rings. The molecule has 0 N–H and O–H groups in total. The molecule has 0 fully saturated rings. The minimum Gasteiger partial charge on any atom is -0.456 e. The lowest BCUT2D eigenvalue weighted by Gasteiger charge is -2.41. The molecule has 0 radical (unpaired) electrons. The number of hydrogen-bond donors (Lipinski definition) is 0. The highest BCUT2D eigenvalue weighted by molar-refractivity contribution is 7.02. The van der Waals surface area contributed by atoms with Gasteiger partial charge >= 0.3 is 0 Å². The number of hydrogen-bond acceptors (Lipinski definition) is 2. The van der Waals surface area contributed by atoms with E-state index in [1.54, 1.807) is 0 Å². The third kappa shape index (κ3) is 3.64. The maximum atomic E-state index is 7.50. The lowest BCUT2D eigenvalue weighted by Crippen LogP contribution is -2.63. The molecule has 0 spiro atoms. The Morgan fingerprint density at radius 3 is 1.27 bits per heavy atom. The van der Waals surface area contributed by atoms with Crippen LogP contribution in [0.4, 0.5) is 0 Å². The van der Waals surface area contributed by atoms with E-state index in [1.165, 1.54) is 87.5 Å². The molecule has 56 heavy (non-hydrogen) atoms. The van der Waals surface area contributed by atoms with Crippen molar-refractivity contribution in [3.05, 3.63) is 132 Å². The molecule has 13 rings (SSSR count). The third-order valence-electron chi connectivity index (χ3n) is 13.3. The number of aromatic nitrogens is 2. The van der Waals surface area contributed by atoms with Gasteiger partial charge in [-0.05, 0) is 68.1 Å². The van der Waals surface area contributed by atoms with Crippen LogP contribution >= 0.6 is 0 Å². The quantitative estimate of drug-likeness (QED) is 0.148. The Morgan fingerprint density at radius 2 is 0.839 bits per heavy atom. The maximum absolute atomic E-state index is 7.50. The van der Waals surface area contributed by atoms with Crippen molar-refractivity contribution in [3.63, 3.8) is 0 Å². The van der Waals surface area contributed by atoms with E-state index in [2.05, 4.69) is 172 Å². The Labute approximate surface area is 326 Å². The minimum atomic E-state index is -0.0608. The molecule has 2 aromatic heterocycles. The summed E-state index contributed by atoms with van der Waals surface area (Å²) in [6, 6.07) is 45.4. The molecule has 7 aromatic carbocycles. The Kier molecular flexibility index (Phi) is 5.55. The van der Waals surface area contributed by atoms with Gasteiger partial charge in [-0.3, -0.25) is 0 Å². The Hall–Kier alpha value is -6.13. The standard InChI is InChI=1S/C50H38B2N2O2/c1-49(2,3)27-21-23-39-35(25-27)51-33-17-11-15-31-29-13-7-9-19-37(29)53(43(31)33)45-41(51)47(55-39)46-42-48(45)56-40-24-22-28(50(4,5)6)26-36(40)52(42)34-18-12-16-32-30-14-8-10-20-38(30)54(46)44(32)34/h7-26H,1-6H3. The van der Waals surface area contributed by atoms with Crippen LogP contribution in [0.1, 0.15) is 52.7 Å². The SMILES string of the molecule is CC(C)(C)c1ccc2c(c1)B1c3c(c4c5c(c3-n3c6ccccc6c6cccc1c63)Oc1ccc(C(C)(C)C)cc1B5c1cccc3c5ccccc5n-4c13)O2. The van der Waals surface area contributed by atoms with E-state index in [0.29, 0.717) is 0 Å². The van der Waals surface area contributed by atoms with Crippen LogP contribution in [0.5, 0.6) is 23.0 Å². The smallest absolute Gasteiger partial charge is 0.256 e. The van der Waals surface area contributed by atoms with E-state index in [9.17, 15) is 0 Å². The lowest BCUT2D eigenvalue weighted by molar-refractivity contribution is 0.471. The average molecular weight is 720 g/mol. The van der Waals surface area contributed by atoms with Crippen LogP contribution in [0.3, 0.4) is 0 Å². The molecule has 4 nitrogen and oxygen atoms in total. The number of para-hydroxylation sites is 4. The van der Waals surface area contributed by atoms with Crippen molar-refractivity contribution >= 4 is 89.8 Å². The zero-order chi connectivity index (χ0) is 37.6. The summed E-state index contributed by atoms with van der Waals surface area (Å²) in [6.45, 7) is 13.7. The zero-order valence-electron chi connectivity index (χ0n) is 32.4. The number of fused-ring (bicyclic) bond motifs is 16. The summed E-state index contributed by atoms with van der Waals surface area (Å²) < 4.78 is 20.0. The fourth-order valence-corrected chi connectivity index (χ4v) is 10.8. The summed E-state index contributed by atoms with van der Waals surface area (Å²) in [4.78, 5) is 0. The normalized spacial score (nSPS) is 14.5. The number of benzene rings is 7. The van der Waals surface area contributed by atoms with Crippen molar-refractivity contribution in [1.29, 1.82) is 0 Å². The third-order valence-corrected chi connectivity index (χ3v) is 13.3. The van der Waals surface area contributed by atoms with E-state index < -0.39 is 0 Å². The van der Waals surface area contributed by atoms with Gasteiger partial charge < -0.3 is 18.6 Å². The van der Waals surface area contributed by atoms with Crippen molar-refractivity contribution in [2.24, 2.45) is 0 Å². The Bertz CT molecular complexity index is 3080. The average Bonchev–Trinajstić information content (AvgIpc) is 3.71. The fourth-order valence-electron chi connectivity index (χ4n) is 10.8. The molecule has 0 bridgehead atoms. The summed E-state index contributed by atoms with van der Waals surface area (Å²) in [5, 5.41) is 5.03. The summed E-state index contributed by atoms with van der Waals surface area (Å²) in [6.07, 6.45) is 0. The van der Waals surface area contributed by atoms with Gasteiger partial charge in [-0.15, -0.1) is 0 Å². The molecular formula is C50H38B2N2O2. The molecule has 0 saturated heterocycles. The molecule has 0 saturated carbocycles. The van der Waals surface area contributed by atoms with Gasteiger partial charge in [-0.2, -0.15) is 0 Å². The van der Waals surface area contributed by atoms with Crippen LogP contribution in [0.2, 0.25) is 0 Å². The van der Waals surface area contributed by atoms with E-state index in [0.717, 1.165) is 34.4 Å². The monoisotopic (exact) mass is 720 g/mol.